The predicted molar refractivity (Wildman–Crippen MR) is 61.8 cm³/mol. The summed E-state index contributed by atoms with van der Waals surface area (Å²) in [6.45, 7) is 3.68. The van der Waals surface area contributed by atoms with Gasteiger partial charge in [0.2, 0.25) is 0 Å². The second-order valence-electron chi connectivity index (χ2n) is 3.56. The molecule has 4 nitrogen and oxygen atoms in total. The Morgan fingerprint density at radius 3 is 2.75 bits per heavy atom. The summed E-state index contributed by atoms with van der Waals surface area (Å²) < 4.78 is 1.75. The molecule has 0 spiro atoms. The molecule has 2 heterocycles. The Bertz CT molecular complexity index is 522. The highest BCUT2D eigenvalue weighted by Gasteiger charge is 2.10. The highest BCUT2D eigenvalue weighted by atomic mass is 35.5. The van der Waals surface area contributed by atoms with Gasteiger partial charge in [-0.25, -0.2) is 4.68 Å². The van der Waals surface area contributed by atoms with Crippen LogP contribution < -0.4 is 0 Å². The summed E-state index contributed by atoms with van der Waals surface area (Å²) in [6.07, 6.45) is 1.64. The zero-order valence-corrected chi connectivity index (χ0v) is 9.86. The van der Waals surface area contributed by atoms with E-state index in [-0.39, 0.29) is 6.61 Å². The molecule has 84 valence electrons. The van der Waals surface area contributed by atoms with Crippen LogP contribution in [0.3, 0.4) is 0 Å². The fourth-order valence-electron chi connectivity index (χ4n) is 1.56. The van der Waals surface area contributed by atoms with Gasteiger partial charge in [0, 0.05) is 6.20 Å². The Balaban J connectivity index is 2.54. The highest BCUT2D eigenvalue weighted by molar-refractivity contribution is 6.31. The predicted octanol–water partition coefficient (Wildman–Crippen LogP) is 2.03. The Morgan fingerprint density at radius 1 is 1.44 bits per heavy atom. The van der Waals surface area contributed by atoms with Gasteiger partial charge in [-0.1, -0.05) is 11.6 Å². The summed E-state index contributed by atoms with van der Waals surface area (Å²) in [5, 5.41) is 14.0. The summed E-state index contributed by atoms with van der Waals surface area (Å²) in [5.41, 5.74) is 3.14. The average Bonchev–Trinajstić information content (AvgIpc) is 2.57. The number of rotatable bonds is 2. The van der Waals surface area contributed by atoms with Crippen molar-refractivity contribution < 1.29 is 5.11 Å². The number of nitrogens with zero attached hydrogens (tertiary/aromatic N) is 3. The minimum Gasteiger partial charge on any atom is -0.390 e. The molecule has 0 aliphatic rings. The fourth-order valence-corrected chi connectivity index (χ4v) is 1.68. The first-order valence-corrected chi connectivity index (χ1v) is 5.29. The molecule has 0 saturated carbocycles. The van der Waals surface area contributed by atoms with Crippen LogP contribution in [0.4, 0.5) is 0 Å². The van der Waals surface area contributed by atoms with E-state index in [2.05, 4.69) is 10.1 Å². The first kappa shape index (κ1) is 11.1. The van der Waals surface area contributed by atoms with Gasteiger partial charge < -0.3 is 5.11 Å². The molecular formula is C11H12ClN3O. The Hall–Kier alpha value is -1.39. The van der Waals surface area contributed by atoms with Crippen LogP contribution in [0.2, 0.25) is 5.02 Å². The monoisotopic (exact) mass is 237 g/mol. The number of aliphatic hydroxyl groups is 1. The van der Waals surface area contributed by atoms with E-state index in [0.717, 1.165) is 17.1 Å². The SMILES string of the molecule is Cc1nn(-c2ccnc(CO)c2)c(C)c1Cl. The smallest absolute Gasteiger partial charge is 0.0853 e. The van der Waals surface area contributed by atoms with E-state index in [9.17, 15) is 0 Å². The van der Waals surface area contributed by atoms with E-state index in [0.29, 0.717) is 10.7 Å². The van der Waals surface area contributed by atoms with Gasteiger partial charge in [0.15, 0.2) is 0 Å². The minimum absolute atomic E-state index is 0.0825. The topological polar surface area (TPSA) is 50.9 Å². The van der Waals surface area contributed by atoms with Crippen LogP contribution >= 0.6 is 11.6 Å². The van der Waals surface area contributed by atoms with Crippen molar-refractivity contribution in [3.63, 3.8) is 0 Å². The molecule has 0 radical (unpaired) electrons. The molecule has 0 aliphatic carbocycles. The van der Waals surface area contributed by atoms with Crippen molar-refractivity contribution in [2.75, 3.05) is 0 Å². The average molecular weight is 238 g/mol. The molecule has 0 fully saturated rings. The van der Waals surface area contributed by atoms with Gasteiger partial charge in [-0.15, -0.1) is 0 Å². The highest BCUT2D eigenvalue weighted by Crippen LogP contribution is 2.22. The Labute approximate surface area is 98.5 Å². The van der Waals surface area contributed by atoms with Gasteiger partial charge in [-0.2, -0.15) is 5.10 Å². The van der Waals surface area contributed by atoms with Gasteiger partial charge in [0.25, 0.3) is 0 Å². The number of hydrogen-bond donors (Lipinski definition) is 1. The number of aryl methyl sites for hydroxylation is 1. The quantitative estimate of drug-likeness (QED) is 0.870. The normalized spacial score (nSPS) is 10.8. The van der Waals surface area contributed by atoms with Crippen LogP contribution in [0.25, 0.3) is 5.69 Å². The number of aliphatic hydroxyl groups excluding tert-OH is 1. The molecule has 2 aromatic rings. The van der Waals surface area contributed by atoms with Crippen molar-refractivity contribution in [1.29, 1.82) is 0 Å². The molecule has 0 atom stereocenters. The lowest BCUT2D eigenvalue weighted by atomic mass is 10.3. The van der Waals surface area contributed by atoms with Crippen LogP contribution in [0.5, 0.6) is 0 Å². The third-order valence-electron chi connectivity index (χ3n) is 2.41. The van der Waals surface area contributed by atoms with Gasteiger partial charge in [0.1, 0.15) is 0 Å². The van der Waals surface area contributed by atoms with E-state index in [1.54, 1.807) is 16.9 Å². The largest absolute Gasteiger partial charge is 0.390 e. The lowest BCUT2D eigenvalue weighted by molar-refractivity contribution is 0.277. The lowest BCUT2D eigenvalue weighted by Gasteiger charge is -2.05. The molecule has 2 rings (SSSR count). The molecule has 0 saturated heterocycles. The number of pyridine rings is 1. The van der Waals surface area contributed by atoms with Crippen molar-refractivity contribution in [2.45, 2.75) is 20.5 Å². The van der Waals surface area contributed by atoms with Gasteiger partial charge in [-0.05, 0) is 26.0 Å². The van der Waals surface area contributed by atoms with Crippen molar-refractivity contribution in [3.05, 3.63) is 40.4 Å². The van der Waals surface area contributed by atoms with E-state index in [4.69, 9.17) is 16.7 Å². The molecule has 0 unspecified atom stereocenters. The van der Waals surface area contributed by atoms with E-state index in [1.165, 1.54) is 0 Å². The molecule has 0 aromatic carbocycles. The number of halogens is 1. The van der Waals surface area contributed by atoms with Gasteiger partial charge in [0.05, 0.1) is 34.4 Å². The molecule has 1 N–H and O–H groups in total. The van der Waals surface area contributed by atoms with E-state index < -0.39 is 0 Å². The summed E-state index contributed by atoms with van der Waals surface area (Å²) in [6, 6.07) is 3.62. The maximum Gasteiger partial charge on any atom is 0.0853 e. The number of aromatic nitrogens is 3. The zero-order chi connectivity index (χ0) is 11.7. The summed E-state index contributed by atoms with van der Waals surface area (Å²) in [7, 11) is 0. The summed E-state index contributed by atoms with van der Waals surface area (Å²) in [5.74, 6) is 0. The van der Waals surface area contributed by atoms with Crippen molar-refractivity contribution in [3.8, 4) is 5.69 Å². The Kier molecular flexibility index (Phi) is 2.94. The Morgan fingerprint density at radius 2 is 2.19 bits per heavy atom. The van der Waals surface area contributed by atoms with Crippen molar-refractivity contribution >= 4 is 11.6 Å². The van der Waals surface area contributed by atoms with Crippen LogP contribution in [0, 0.1) is 13.8 Å². The fraction of sp³-hybridized carbons (Fsp3) is 0.273. The standard InChI is InChI=1S/C11H12ClN3O/c1-7-11(12)8(2)15(14-7)10-3-4-13-9(5-10)6-16/h3-5,16H,6H2,1-2H3. The lowest BCUT2D eigenvalue weighted by Crippen LogP contribution is -2.01. The molecular weight excluding hydrogens is 226 g/mol. The van der Waals surface area contributed by atoms with Gasteiger partial charge in [-0.3, -0.25) is 4.98 Å². The summed E-state index contributed by atoms with van der Waals surface area (Å²) >= 11 is 6.07. The van der Waals surface area contributed by atoms with E-state index >= 15 is 0 Å². The van der Waals surface area contributed by atoms with Crippen LogP contribution in [-0.4, -0.2) is 19.9 Å². The first-order chi connectivity index (χ1) is 7.63. The van der Waals surface area contributed by atoms with Crippen LogP contribution in [0.1, 0.15) is 17.1 Å². The molecule has 0 bridgehead atoms. The summed E-state index contributed by atoms with van der Waals surface area (Å²) in [4.78, 5) is 4.02. The van der Waals surface area contributed by atoms with E-state index in [1.807, 2.05) is 19.9 Å². The third kappa shape index (κ3) is 1.81. The molecule has 0 aliphatic heterocycles. The molecule has 2 aromatic heterocycles. The number of hydrogen-bond acceptors (Lipinski definition) is 3. The minimum atomic E-state index is -0.0825. The van der Waals surface area contributed by atoms with Crippen LogP contribution in [-0.2, 0) is 6.61 Å². The third-order valence-corrected chi connectivity index (χ3v) is 2.96. The van der Waals surface area contributed by atoms with Crippen molar-refractivity contribution in [1.82, 2.24) is 14.8 Å². The maximum absolute atomic E-state index is 9.02. The van der Waals surface area contributed by atoms with Gasteiger partial charge >= 0.3 is 0 Å². The van der Waals surface area contributed by atoms with Crippen molar-refractivity contribution in [2.24, 2.45) is 0 Å². The zero-order valence-electron chi connectivity index (χ0n) is 9.11. The first-order valence-electron chi connectivity index (χ1n) is 4.91. The molecule has 5 heteroatoms. The molecule has 0 amide bonds. The second kappa shape index (κ2) is 4.23. The van der Waals surface area contributed by atoms with Crippen LogP contribution in [0.15, 0.2) is 18.3 Å². The maximum atomic E-state index is 9.02. The second-order valence-corrected chi connectivity index (χ2v) is 3.94. The molecule has 16 heavy (non-hydrogen) atoms.